The third kappa shape index (κ3) is 4.56. The van der Waals surface area contributed by atoms with Crippen molar-refractivity contribution >= 4 is 5.91 Å². The number of rotatable bonds is 7. The van der Waals surface area contributed by atoms with E-state index in [1.54, 1.807) is 0 Å². The van der Waals surface area contributed by atoms with Crippen LogP contribution in [0.25, 0.3) is 0 Å². The van der Waals surface area contributed by atoms with Gasteiger partial charge in [-0.25, -0.2) is 0 Å². The molecule has 0 aliphatic rings. The number of hydrogen-bond donors (Lipinski definition) is 2. The van der Waals surface area contributed by atoms with Gasteiger partial charge in [0.15, 0.2) is 0 Å². The predicted octanol–water partition coefficient (Wildman–Crippen LogP) is 0.827. The Bertz CT molecular complexity index is 359. The first kappa shape index (κ1) is 13.7. The highest BCUT2D eigenvalue weighted by molar-refractivity contribution is 5.75. The fourth-order valence-corrected chi connectivity index (χ4v) is 1.72. The molecule has 0 saturated carbocycles. The van der Waals surface area contributed by atoms with Gasteiger partial charge in [0.1, 0.15) is 0 Å². The Hall–Kier alpha value is -1.36. The molecule has 0 bridgehead atoms. The summed E-state index contributed by atoms with van der Waals surface area (Å²) in [4.78, 5) is 11.2. The van der Waals surface area contributed by atoms with Crippen LogP contribution >= 0.6 is 0 Å². The van der Waals surface area contributed by atoms with Gasteiger partial charge in [0, 0.05) is 32.6 Å². The van der Waals surface area contributed by atoms with E-state index in [-0.39, 0.29) is 5.91 Å². The Morgan fingerprint density at radius 3 is 2.88 bits per heavy atom. The Morgan fingerprint density at radius 2 is 2.24 bits per heavy atom. The van der Waals surface area contributed by atoms with Crippen molar-refractivity contribution in [3.05, 3.63) is 17.5 Å². The molecule has 96 valence electrons. The first-order valence-electron chi connectivity index (χ1n) is 6.18. The summed E-state index contributed by atoms with van der Waals surface area (Å²) in [6.07, 6.45) is 0.521. The monoisotopic (exact) mass is 238 g/mol. The molecule has 0 aliphatic carbocycles. The number of aryl methyl sites for hydroxylation is 2. The van der Waals surface area contributed by atoms with Crippen LogP contribution in [0.15, 0.2) is 6.07 Å². The highest BCUT2D eigenvalue weighted by atomic mass is 16.1. The van der Waals surface area contributed by atoms with Crippen molar-refractivity contribution in [2.45, 2.75) is 40.3 Å². The molecular weight excluding hydrogens is 216 g/mol. The van der Waals surface area contributed by atoms with Gasteiger partial charge in [0.25, 0.3) is 0 Å². The first-order valence-corrected chi connectivity index (χ1v) is 6.18. The Labute approximate surface area is 103 Å². The van der Waals surface area contributed by atoms with Crippen molar-refractivity contribution in [2.75, 3.05) is 13.1 Å². The van der Waals surface area contributed by atoms with Gasteiger partial charge >= 0.3 is 0 Å². The van der Waals surface area contributed by atoms with Crippen molar-refractivity contribution in [1.82, 2.24) is 20.4 Å². The first-order chi connectivity index (χ1) is 8.17. The number of nitrogens with zero attached hydrogens (tertiary/aromatic N) is 2. The molecule has 0 fully saturated rings. The van der Waals surface area contributed by atoms with Gasteiger partial charge in [-0.2, -0.15) is 5.10 Å². The van der Waals surface area contributed by atoms with E-state index in [9.17, 15) is 4.79 Å². The summed E-state index contributed by atoms with van der Waals surface area (Å²) in [5.74, 6) is 0.0974. The van der Waals surface area contributed by atoms with E-state index in [1.807, 2.05) is 18.5 Å². The zero-order chi connectivity index (χ0) is 12.7. The van der Waals surface area contributed by atoms with Crippen LogP contribution in [0.2, 0.25) is 0 Å². The number of nitrogens with one attached hydrogen (secondary N) is 2. The van der Waals surface area contributed by atoms with Crippen LogP contribution in [0.4, 0.5) is 0 Å². The van der Waals surface area contributed by atoms with Crippen molar-refractivity contribution in [2.24, 2.45) is 0 Å². The zero-order valence-electron chi connectivity index (χ0n) is 10.9. The molecule has 1 heterocycles. The normalized spacial score (nSPS) is 10.5. The van der Waals surface area contributed by atoms with E-state index in [0.717, 1.165) is 18.8 Å². The van der Waals surface area contributed by atoms with E-state index in [1.165, 1.54) is 5.69 Å². The third-order valence-electron chi connectivity index (χ3n) is 2.49. The van der Waals surface area contributed by atoms with Crippen molar-refractivity contribution in [3.63, 3.8) is 0 Å². The topological polar surface area (TPSA) is 59.0 Å². The van der Waals surface area contributed by atoms with Crippen LogP contribution in [-0.4, -0.2) is 28.8 Å². The molecule has 17 heavy (non-hydrogen) atoms. The lowest BCUT2D eigenvalue weighted by atomic mass is 10.3. The molecule has 1 amide bonds. The largest absolute Gasteiger partial charge is 0.356 e. The van der Waals surface area contributed by atoms with Gasteiger partial charge in [-0.3, -0.25) is 9.48 Å². The summed E-state index contributed by atoms with van der Waals surface area (Å²) in [7, 11) is 0. The third-order valence-corrected chi connectivity index (χ3v) is 2.49. The summed E-state index contributed by atoms with van der Waals surface area (Å²) < 4.78 is 1.98. The maximum atomic E-state index is 11.2. The SMILES string of the molecule is CCNC(=O)CCNCc1cc(C)nn1CC. The summed E-state index contributed by atoms with van der Waals surface area (Å²) in [5, 5.41) is 10.4. The molecule has 0 aliphatic heterocycles. The summed E-state index contributed by atoms with van der Waals surface area (Å²) in [6, 6.07) is 2.07. The maximum Gasteiger partial charge on any atom is 0.221 e. The quantitative estimate of drug-likeness (QED) is 0.692. The molecule has 1 rings (SSSR count). The molecule has 1 aromatic rings. The second-order valence-corrected chi connectivity index (χ2v) is 3.97. The van der Waals surface area contributed by atoms with Crippen LogP contribution < -0.4 is 10.6 Å². The fraction of sp³-hybridized carbons (Fsp3) is 0.667. The van der Waals surface area contributed by atoms with Crippen LogP contribution in [0.1, 0.15) is 31.7 Å². The molecule has 5 heteroatoms. The van der Waals surface area contributed by atoms with Gasteiger partial charge in [0.05, 0.1) is 11.4 Å². The van der Waals surface area contributed by atoms with Crippen molar-refractivity contribution < 1.29 is 4.79 Å². The Kier molecular flexibility index (Phi) is 5.69. The van der Waals surface area contributed by atoms with E-state index < -0.39 is 0 Å². The smallest absolute Gasteiger partial charge is 0.221 e. The Morgan fingerprint density at radius 1 is 1.47 bits per heavy atom. The van der Waals surface area contributed by atoms with Crippen LogP contribution in [0.5, 0.6) is 0 Å². The van der Waals surface area contributed by atoms with Gasteiger partial charge in [-0.15, -0.1) is 0 Å². The van der Waals surface area contributed by atoms with E-state index in [4.69, 9.17) is 0 Å². The molecule has 5 nitrogen and oxygen atoms in total. The summed E-state index contributed by atoms with van der Waals surface area (Å²) in [6.45, 7) is 9.01. The average Bonchev–Trinajstić information content (AvgIpc) is 2.65. The minimum Gasteiger partial charge on any atom is -0.356 e. The number of amides is 1. The number of carbonyl (C=O) groups excluding carboxylic acids is 1. The van der Waals surface area contributed by atoms with Gasteiger partial charge < -0.3 is 10.6 Å². The summed E-state index contributed by atoms with van der Waals surface area (Å²) >= 11 is 0. The minimum absolute atomic E-state index is 0.0974. The van der Waals surface area contributed by atoms with E-state index in [0.29, 0.717) is 19.5 Å². The molecule has 1 aromatic heterocycles. The number of carbonyl (C=O) groups is 1. The molecule has 0 unspecified atom stereocenters. The van der Waals surface area contributed by atoms with E-state index >= 15 is 0 Å². The fourth-order valence-electron chi connectivity index (χ4n) is 1.72. The molecule has 0 atom stereocenters. The molecule has 0 aromatic carbocycles. The number of hydrogen-bond acceptors (Lipinski definition) is 3. The van der Waals surface area contributed by atoms with E-state index in [2.05, 4.69) is 28.7 Å². The number of aromatic nitrogens is 2. The van der Waals surface area contributed by atoms with Crippen molar-refractivity contribution in [3.8, 4) is 0 Å². The predicted molar refractivity (Wildman–Crippen MR) is 67.6 cm³/mol. The van der Waals surface area contributed by atoms with Crippen LogP contribution in [0.3, 0.4) is 0 Å². The van der Waals surface area contributed by atoms with Crippen LogP contribution in [0, 0.1) is 6.92 Å². The molecular formula is C12H22N4O. The van der Waals surface area contributed by atoms with Gasteiger partial charge in [0.2, 0.25) is 5.91 Å². The molecule has 0 saturated heterocycles. The zero-order valence-corrected chi connectivity index (χ0v) is 10.9. The molecule has 2 N–H and O–H groups in total. The lowest BCUT2D eigenvalue weighted by Crippen LogP contribution is -2.27. The molecule has 0 spiro atoms. The van der Waals surface area contributed by atoms with Gasteiger partial charge in [-0.1, -0.05) is 0 Å². The van der Waals surface area contributed by atoms with Gasteiger partial charge in [-0.05, 0) is 26.8 Å². The maximum absolute atomic E-state index is 11.2. The highest BCUT2D eigenvalue weighted by Gasteiger charge is 2.04. The standard InChI is InChI=1S/C12H22N4O/c1-4-14-12(17)6-7-13-9-11-8-10(3)15-16(11)5-2/h8,13H,4-7,9H2,1-3H3,(H,14,17). The minimum atomic E-state index is 0.0974. The van der Waals surface area contributed by atoms with Crippen LogP contribution in [-0.2, 0) is 17.9 Å². The second-order valence-electron chi connectivity index (χ2n) is 3.97. The lowest BCUT2D eigenvalue weighted by Gasteiger charge is -2.06. The summed E-state index contributed by atoms with van der Waals surface area (Å²) in [5.41, 5.74) is 2.20. The van der Waals surface area contributed by atoms with Crippen molar-refractivity contribution in [1.29, 1.82) is 0 Å². The lowest BCUT2D eigenvalue weighted by molar-refractivity contribution is -0.120. The average molecular weight is 238 g/mol. The highest BCUT2D eigenvalue weighted by Crippen LogP contribution is 2.02. The molecule has 0 radical (unpaired) electrons. The Balaban J connectivity index is 2.28. The second kappa shape index (κ2) is 7.06.